The number of nitrogens with one attached hydrogen (secondary N) is 1. The molecule has 21 heavy (non-hydrogen) atoms. The van der Waals surface area contributed by atoms with Crippen molar-refractivity contribution in [3.8, 4) is 0 Å². The molecule has 0 spiro atoms. The number of likely N-dealkylation sites (tertiary alicyclic amines) is 1. The minimum atomic E-state index is 0.142. The van der Waals surface area contributed by atoms with Gasteiger partial charge in [-0.05, 0) is 32.9 Å². The van der Waals surface area contributed by atoms with Crippen molar-refractivity contribution in [3.05, 3.63) is 0 Å². The van der Waals surface area contributed by atoms with Gasteiger partial charge in [0.15, 0.2) is 0 Å². The Kier molecular flexibility index (Phi) is 8.22. The quantitative estimate of drug-likeness (QED) is 0.699. The molecule has 1 rings (SSSR count). The summed E-state index contributed by atoms with van der Waals surface area (Å²) in [7, 11) is 4.20. The van der Waals surface area contributed by atoms with E-state index in [1.54, 1.807) is 0 Å². The van der Waals surface area contributed by atoms with Gasteiger partial charge in [-0.1, -0.05) is 26.7 Å². The van der Waals surface area contributed by atoms with E-state index in [9.17, 15) is 4.79 Å². The fourth-order valence-corrected chi connectivity index (χ4v) is 3.19. The summed E-state index contributed by atoms with van der Waals surface area (Å²) >= 11 is 0. The maximum absolute atomic E-state index is 12.1. The topological polar surface area (TPSA) is 61.6 Å². The third kappa shape index (κ3) is 6.32. The van der Waals surface area contributed by atoms with Gasteiger partial charge in [0, 0.05) is 31.7 Å². The Morgan fingerprint density at radius 2 is 1.86 bits per heavy atom. The van der Waals surface area contributed by atoms with Crippen molar-refractivity contribution >= 4 is 5.91 Å². The van der Waals surface area contributed by atoms with Crippen LogP contribution >= 0.6 is 0 Å². The zero-order chi connectivity index (χ0) is 15.8. The van der Waals surface area contributed by atoms with E-state index in [1.165, 1.54) is 0 Å². The molecule has 124 valence electrons. The molecule has 5 heteroatoms. The fourth-order valence-electron chi connectivity index (χ4n) is 3.19. The highest BCUT2D eigenvalue weighted by Crippen LogP contribution is 2.16. The Bertz CT molecular complexity index is 297. The van der Waals surface area contributed by atoms with Crippen LogP contribution < -0.4 is 11.1 Å². The van der Waals surface area contributed by atoms with Gasteiger partial charge in [-0.3, -0.25) is 9.69 Å². The molecule has 1 aliphatic rings. The van der Waals surface area contributed by atoms with Crippen molar-refractivity contribution in [2.24, 2.45) is 11.7 Å². The molecule has 1 saturated heterocycles. The van der Waals surface area contributed by atoms with E-state index in [0.29, 0.717) is 24.5 Å². The van der Waals surface area contributed by atoms with E-state index >= 15 is 0 Å². The largest absolute Gasteiger partial charge is 0.353 e. The first-order valence-electron chi connectivity index (χ1n) is 8.38. The van der Waals surface area contributed by atoms with Gasteiger partial charge in [-0.25, -0.2) is 0 Å². The van der Waals surface area contributed by atoms with Crippen LogP contribution in [-0.4, -0.2) is 68.1 Å². The van der Waals surface area contributed by atoms with Crippen LogP contribution in [0.5, 0.6) is 0 Å². The summed E-state index contributed by atoms with van der Waals surface area (Å²) in [5.74, 6) is 0.775. The maximum Gasteiger partial charge on any atom is 0.234 e. The first kappa shape index (κ1) is 18.4. The van der Waals surface area contributed by atoms with Crippen molar-refractivity contribution in [1.29, 1.82) is 0 Å². The molecule has 1 fully saturated rings. The second-order valence-corrected chi connectivity index (χ2v) is 6.53. The number of rotatable bonds is 8. The molecule has 0 aliphatic carbocycles. The minimum Gasteiger partial charge on any atom is -0.353 e. The number of piperidine rings is 1. The van der Waals surface area contributed by atoms with E-state index in [4.69, 9.17) is 5.73 Å². The smallest absolute Gasteiger partial charge is 0.234 e. The lowest BCUT2D eigenvalue weighted by Gasteiger charge is -2.32. The average molecular weight is 298 g/mol. The molecule has 0 aromatic carbocycles. The number of hydrogen-bond donors (Lipinski definition) is 2. The summed E-state index contributed by atoms with van der Waals surface area (Å²) < 4.78 is 0. The van der Waals surface area contributed by atoms with Crippen molar-refractivity contribution in [2.75, 3.05) is 40.3 Å². The highest BCUT2D eigenvalue weighted by Gasteiger charge is 2.22. The second kappa shape index (κ2) is 9.38. The van der Waals surface area contributed by atoms with Crippen molar-refractivity contribution in [1.82, 2.24) is 15.1 Å². The SMILES string of the molecule is CCC(CC)C(CNC(=O)CN1CCC(N)CC1)N(C)C. The molecule has 1 atom stereocenters. The summed E-state index contributed by atoms with van der Waals surface area (Å²) in [4.78, 5) is 16.6. The molecule has 5 nitrogen and oxygen atoms in total. The third-order valence-corrected chi connectivity index (χ3v) is 4.76. The first-order chi connectivity index (χ1) is 9.97. The summed E-state index contributed by atoms with van der Waals surface area (Å²) in [5.41, 5.74) is 5.89. The maximum atomic E-state index is 12.1. The van der Waals surface area contributed by atoms with Crippen LogP contribution in [0.4, 0.5) is 0 Å². The zero-order valence-corrected chi connectivity index (χ0v) is 14.3. The van der Waals surface area contributed by atoms with Crippen LogP contribution in [0.15, 0.2) is 0 Å². The van der Waals surface area contributed by atoms with Gasteiger partial charge in [-0.15, -0.1) is 0 Å². The summed E-state index contributed by atoms with van der Waals surface area (Å²) in [6.45, 7) is 7.59. The van der Waals surface area contributed by atoms with E-state index in [-0.39, 0.29) is 5.91 Å². The molecule has 0 radical (unpaired) electrons. The first-order valence-corrected chi connectivity index (χ1v) is 8.38. The molecular formula is C16H34N4O. The second-order valence-electron chi connectivity index (χ2n) is 6.53. The van der Waals surface area contributed by atoms with Crippen LogP contribution in [0.2, 0.25) is 0 Å². The van der Waals surface area contributed by atoms with Crippen LogP contribution in [0.25, 0.3) is 0 Å². The van der Waals surface area contributed by atoms with Gasteiger partial charge in [0.1, 0.15) is 0 Å². The number of amides is 1. The number of hydrogen-bond acceptors (Lipinski definition) is 4. The van der Waals surface area contributed by atoms with Gasteiger partial charge in [0.25, 0.3) is 0 Å². The Balaban J connectivity index is 2.36. The van der Waals surface area contributed by atoms with Crippen LogP contribution in [0, 0.1) is 5.92 Å². The summed E-state index contributed by atoms with van der Waals surface area (Å²) in [5, 5.41) is 3.12. The Labute approximate surface area is 130 Å². The molecule has 1 unspecified atom stereocenters. The third-order valence-electron chi connectivity index (χ3n) is 4.76. The van der Waals surface area contributed by atoms with Gasteiger partial charge < -0.3 is 16.0 Å². The highest BCUT2D eigenvalue weighted by atomic mass is 16.2. The van der Waals surface area contributed by atoms with Crippen LogP contribution in [0.3, 0.4) is 0 Å². The van der Waals surface area contributed by atoms with E-state index in [0.717, 1.165) is 45.3 Å². The number of nitrogens with two attached hydrogens (primary N) is 1. The van der Waals surface area contributed by atoms with Crippen LogP contribution in [-0.2, 0) is 4.79 Å². The van der Waals surface area contributed by atoms with E-state index < -0.39 is 0 Å². The fraction of sp³-hybridized carbons (Fsp3) is 0.938. The van der Waals surface area contributed by atoms with Crippen molar-refractivity contribution in [2.45, 2.75) is 51.6 Å². The molecule has 0 aromatic heterocycles. The van der Waals surface area contributed by atoms with Gasteiger partial charge in [-0.2, -0.15) is 0 Å². The van der Waals surface area contributed by atoms with Gasteiger partial charge in [0.05, 0.1) is 6.54 Å². The Morgan fingerprint density at radius 1 is 1.29 bits per heavy atom. The number of carbonyl (C=O) groups excluding carboxylic acids is 1. The molecule has 1 amide bonds. The van der Waals surface area contributed by atoms with Crippen molar-refractivity contribution in [3.63, 3.8) is 0 Å². The minimum absolute atomic E-state index is 0.142. The summed E-state index contributed by atoms with van der Waals surface area (Å²) in [6.07, 6.45) is 4.31. The number of likely N-dealkylation sites (N-methyl/N-ethyl adjacent to an activating group) is 1. The van der Waals surface area contributed by atoms with E-state index in [1.807, 2.05) is 0 Å². The molecule has 0 saturated carbocycles. The Hall–Kier alpha value is -0.650. The average Bonchev–Trinajstić information content (AvgIpc) is 2.45. The van der Waals surface area contributed by atoms with Gasteiger partial charge in [0.2, 0.25) is 5.91 Å². The number of nitrogens with zero attached hydrogens (tertiary/aromatic N) is 2. The van der Waals surface area contributed by atoms with Crippen molar-refractivity contribution < 1.29 is 4.79 Å². The molecular weight excluding hydrogens is 264 g/mol. The lowest BCUT2D eigenvalue weighted by atomic mass is 9.93. The molecule has 0 aromatic rings. The lowest BCUT2D eigenvalue weighted by molar-refractivity contribution is -0.122. The Morgan fingerprint density at radius 3 is 2.33 bits per heavy atom. The zero-order valence-electron chi connectivity index (χ0n) is 14.3. The van der Waals surface area contributed by atoms with Gasteiger partial charge >= 0.3 is 0 Å². The standard InChI is InChI=1S/C16H34N4O/c1-5-13(6-2)15(19(3)4)11-18-16(21)12-20-9-7-14(17)8-10-20/h13-15H,5-12,17H2,1-4H3,(H,18,21). The monoisotopic (exact) mass is 298 g/mol. The van der Waals surface area contributed by atoms with Crippen LogP contribution in [0.1, 0.15) is 39.5 Å². The highest BCUT2D eigenvalue weighted by molar-refractivity contribution is 5.78. The molecule has 1 heterocycles. The molecule has 0 bridgehead atoms. The molecule has 3 N–H and O–H groups in total. The lowest BCUT2D eigenvalue weighted by Crippen LogP contribution is -2.48. The predicted molar refractivity (Wildman–Crippen MR) is 88.2 cm³/mol. The number of carbonyl (C=O) groups is 1. The summed E-state index contributed by atoms with van der Waals surface area (Å²) in [6, 6.07) is 0.732. The predicted octanol–water partition coefficient (Wildman–Crippen LogP) is 0.892. The normalized spacial score (nSPS) is 19.2. The van der Waals surface area contributed by atoms with E-state index in [2.05, 4.69) is 43.1 Å². The molecule has 1 aliphatic heterocycles.